The molecule has 6 nitrogen and oxygen atoms in total. The number of carbonyl (C=O) groups excluding carboxylic acids is 1. The van der Waals surface area contributed by atoms with Crippen molar-refractivity contribution in [2.75, 3.05) is 5.75 Å². The summed E-state index contributed by atoms with van der Waals surface area (Å²) in [4.78, 5) is 11.6. The molecule has 8 heteroatoms. The minimum absolute atomic E-state index is 0.0613. The van der Waals surface area contributed by atoms with Crippen LogP contribution in [-0.2, 0) is 28.6 Å². The molecule has 1 aliphatic rings. The quantitative estimate of drug-likeness (QED) is 0.533. The van der Waals surface area contributed by atoms with Gasteiger partial charge in [-0.25, -0.2) is 18.3 Å². The molecule has 0 spiro atoms. The van der Waals surface area contributed by atoms with Crippen LogP contribution in [0.5, 0.6) is 0 Å². The molecule has 0 radical (unpaired) electrons. The first-order valence-corrected chi connectivity index (χ1v) is 10.2. The summed E-state index contributed by atoms with van der Waals surface area (Å²) in [6.07, 6.45) is 0.366. The Morgan fingerprint density at radius 2 is 2.04 bits per heavy atom. The number of hydrogen-bond acceptors (Lipinski definition) is 4. The molecule has 2 aromatic carbocycles. The lowest BCUT2D eigenvalue weighted by Gasteiger charge is -2.17. The largest absolute Gasteiger partial charge is 0.340 e. The maximum atomic E-state index is 13.8. The Hall–Kier alpha value is -2.71. The molecule has 1 aromatic heterocycles. The van der Waals surface area contributed by atoms with Crippen molar-refractivity contribution < 1.29 is 22.8 Å². The highest BCUT2D eigenvalue weighted by Crippen LogP contribution is 2.33. The lowest BCUT2D eigenvalue weighted by molar-refractivity contribution is 0.0706. The summed E-state index contributed by atoms with van der Waals surface area (Å²) in [5.74, 6) is -1.05. The Morgan fingerprint density at radius 3 is 2.81 bits per heavy atom. The van der Waals surface area contributed by atoms with Gasteiger partial charge in [0.25, 0.3) is 5.91 Å². The van der Waals surface area contributed by atoms with Crippen LogP contribution in [-0.4, -0.2) is 29.9 Å². The van der Waals surface area contributed by atoms with E-state index in [-0.39, 0.29) is 11.5 Å². The second-order valence-electron chi connectivity index (χ2n) is 6.66. The third-order valence-electron chi connectivity index (χ3n) is 4.89. The molecule has 4 rings (SSSR count). The second kappa shape index (κ2) is 6.47. The van der Waals surface area contributed by atoms with E-state index in [9.17, 15) is 17.6 Å². The Kier molecular flexibility index (Phi) is 4.24. The highest BCUT2D eigenvalue weighted by Gasteiger charge is 2.28. The summed E-state index contributed by atoms with van der Waals surface area (Å²) in [7, 11) is -3.20. The van der Waals surface area contributed by atoms with Crippen LogP contribution in [0.2, 0.25) is 0 Å². The van der Waals surface area contributed by atoms with Crippen LogP contribution in [0.1, 0.15) is 27.2 Å². The van der Waals surface area contributed by atoms with Crippen LogP contribution < -0.4 is 5.48 Å². The molecule has 2 heterocycles. The van der Waals surface area contributed by atoms with Crippen LogP contribution in [0.4, 0.5) is 4.39 Å². The van der Waals surface area contributed by atoms with Gasteiger partial charge in [-0.05, 0) is 41.5 Å². The van der Waals surface area contributed by atoms with Crippen molar-refractivity contribution in [1.29, 1.82) is 0 Å². The summed E-state index contributed by atoms with van der Waals surface area (Å²) in [6, 6.07) is 11.2. The maximum Gasteiger partial charge on any atom is 0.274 e. The van der Waals surface area contributed by atoms with Crippen molar-refractivity contribution in [3.8, 4) is 0 Å². The molecule has 3 aromatic rings. The smallest absolute Gasteiger partial charge is 0.274 e. The van der Waals surface area contributed by atoms with Crippen LogP contribution in [0, 0.1) is 5.82 Å². The van der Waals surface area contributed by atoms with Crippen molar-refractivity contribution in [3.05, 3.63) is 70.7 Å². The molecular weight excluding hydrogens is 371 g/mol. The van der Waals surface area contributed by atoms with Gasteiger partial charge in [0.15, 0.2) is 9.84 Å². The van der Waals surface area contributed by atoms with Crippen LogP contribution in [0.15, 0.2) is 42.5 Å². The fourth-order valence-corrected chi connectivity index (χ4v) is 5.09. The van der Waals surface area contributed by atoms with Gasteiger partial charge in [0.2, 0.25) is 0 Å². The predicted molar refractivity (Wildman–Crippen MR) is 97.9 cm³/mol. The van der Waals surface area contributed by atoms with Crippen molar-refractivity contribution >= 4 is 26.6 Å². The minimum atomic E-state index is -3.20. The van der Waals surface area contributed by atoms with Gasteiger partial charge < -0.3 is 4.57 Å². The zero-order chi connectivity index (χ0) is 19.2. The monoisotopic (exact) mass is 388 g/mol. The molecule has 0 unspecified atom stereocenters. The van der Waals surface area contributed by atoms with E-state index in [2.05, 4.69) is 0 Å². The van der Waals surface area contributed by atoms with E-state index >= 15 is 0 Å². The molecule has 2 N–H and O–H groups in total. The van der Waals surface area contributed by atoms with Crippen LogP contribution in [0.3, 0.4) is 0 Å². The van der Waals surface area contributed by atoms with E-state index in [1.807, 2.05) is 10.6 Å². The van der Waals surface area contributed by atoms with Gasteiger partial charge >= 0.3 is 0 Å². The number of fused-ring (bicyclic) bond motifs is 3. The van der Waals surface area contributed by atoms with Crippen LogP contribution >= 0.6 is 0 Å². The Labute approximate surface area is 155 Å². The molecule has 0 saturated carbocycles. The number of benzene rings is 2. The normalized spacial score (nSPS) is 15.5. The SMILES string of the molecule is O=C(NO)c1cccc(Cn2c3c(c4cc(F)ccc42)CS(=O)(=O)CC3)c1. The Bertz CT molecular complexity index is 1170. The third-order valence-corrected chi connectivity index (χ3v) is 6.45. The van der Waals surface area contributed by atoms with Gasteiger partial charge in [-0.3, -0.25) is 10.0 Å². The van der Waals surface area contributed by atoms with Gasteiger partial charge in [0, 0.05) is 35.1 Å². The third kappa shape index (κ3) is 3.22. The lowest BCUT2D eigenvalue weighted by Crippen LogP contribution is -2.21. The molecule has 0 bridgehead atoms. The Balaban J connectivity index is 1.84. The van der Waals surface area contributed by atoms with Crippen molar-refractivity contribution in [2.24, 2.45) is 0 Å². The number of sulfone groups is 1. The first-order chi connectivity index (χ1) is 12.9. The number of halogens is 1. The van der Waals surface area contributed by atoms with Crippen molar-refractivity contribution in [2.45, 2.75) is 18.7 Å². The first kappa shape index (κ1) is 17.7. The van der Waals surface area contributed by atoms with Gasteiger partial charge in [-0.1, -0.05) is 12.1 Å². The fourth-order valence-electron chi connectivity index (χ4n) is 3.68. The Morgan fingerprint density at radius 1 is 1.22 bits per heavy atom. The highest BCUT2D eigenvalue weighted by molar-refractivity contribution is 7.90. The first-order valence-electron chi connectivity index (χ1n) is 8.41. The number of hydrogen-bond donors (Lipinski definition) is 2. The number of aromatic nitrogens is 1. The van der Waals surface area contributed by atoms with E-state index < -0.39 is 21.6 Å². The average Bonchev–Trinajstić information content (AvgIpc) is 2.92. The van der Waals surface area contributed by atoms with Crippen molar-refractivity contribution in [3.63, 3.8) is 0 Å². The maximum absolute atomic E-state index is 13.8. The molecule has 1 amide bonds. The van der Waals surface area contributed by atoms with Gasteiger partial charge in [0.1, 0.15) is 5.82 Å². The van der Waals surface area contributed by atoms with Crippen LogP contribution in [0.25, 0.3) is 10.9 Å². The molecule has 140 valence electrons. The molecule has 0 aliphatic carbocycles. The molecule has 1 aliphatic heterocycles. The zero-order valence-corrected chi connectivity index (χ0v) is 15.1. The number of nitrogens with zero attached hydrogens (tertiary/aromatic N) is 1. The minimum Gasteiger partial charge on any atom is -0.340 e. The van der Waals surface area contributed by atoms with Gasteiger partial charge in [0.05, 0.1) is 11.5 Å². The summed E-state index contributed by atoms with van der Waals surface area (Å²) in [5, 5.41) is 9.42. The molecular formula is C19H17FN2O4S. The van der Waals surface area contributed by atoms with E-state index in [1.54, 1.807) is 29.7 Å². The zero-order valence-electron chi connectivity index (χ0n) is 14.3. The molecule has 0 atom stereocenters. The molecule has 0 saturated heterocycles. The predicted octanol–water partition coefficient (Wildman–Crippen LogP) is 2.42. The number of rotatable bonds is 3. The van der Waals surface area contributed by atoms with Gasteiger partial charge in [-0.15, -0.1) is 0 Å². The fraction of sp³-hybridized carbons (Fsp3) is 0.211. The van der Waals surface area contributed by atoms with E-state index in [1.165, 1.54) is 12.1 Å². The summed E-state index contributed by atoms with van der Waals surface area (Å²) < 4.78 is 40.0. The van der Waals surface area contributed by atoms with Gasteiger partial charge in [-0.2, -0.15) is 0 Å². The number of amides is 1. The highest BCUT2D eigenvalue weighted by atomic mass is 32.2. The standard InChI is InChI=1S/C19H17FN2O4S/c20-14-4-5-17-15(9-14)16-11-27(25,26)7-6-18(16)22(17)10-12-2-1-3-13(8-12)19(23)21-24/h1-5,8-9,24H,6-7,10-11H2,(H,21,23). The van der Waals surface area contributed by atoms with Crippen molar-refractivity contribution in [1.82, 2.24) is 10.0 Å². The molecule has 0 fully saturated rings. The molecule has 27 heavy (non-hydrogen) atoms. The van der Waals surface area contributed by atoms with E-state index in [4.69, 9.17) is 5.21 Å². The number of hydroxylamine groups is 1. The average molecular weight is 388 g/mol. The summed E-state index contributed by atoms with van der Waals surface area (Å²) >= 11 is 0. The topological polar surface area (TPSA) is 88.4 Å². The number of carbonyl (C=O) groups is 1. The van der Waals surface area contributed by atoms with E-state index in [0.717, 1.165) is 16.8 Å². The summed E-state index contributed by atoms with van der Waals surface area (Å²) in [6.45, 7) is 0.407. The second-order valence-corrected chi connectivity index (χ2v) is 8.84. The summed E-state index contributed by atoms with van der Waals surface area (Å²) in [5.41, 5.74) is 5.03. The number of nitrogens with one attached hydrogen (secondary N) is 1. The van der Waals surface area contributed by atoms with E-state index in [0.29, 0.717) is 29.5 Å². The lowest BCUT2D eigenvalue weighted by atomic mass is 10.1.